The molecule has 5 heteroatoms. The highest BCUT2D eigenvalue weighted by molar-refractivity contribution is 5.84. The third-order valence-electron chi connectivity index (χ3n) is 2.97. The lowest BCUT2D eigenvalue weighted by Gasteiger charge is -2.28. The molecule has 0 atom stereocenters. The third kappa shape index (κ3) is 4.51. The molecule has 1 fully saturated rings. The Bertz CT molecular complexity index is 242. The van der Waals surface area contributed by atoms with Crippen molar-refractivity contribution in [2.75, 3.05) is 6.54 Å². The molecule has 0 aliphatic heterocycles. The molecule has 0 N–H and O–H groups in total. The summed E-state index contributed by atoms with van der Waals surface area (Å²) in [6, 6.07) is 0. The largest absolute Gasteiger partial charge is 0.522 e. The Kier molecular flexibility index (Phi) is 4.77. The van der Waals surface area contributed by atoms with Crippen LogP contribution in [0.2, 0.25) is 0 Å². The average Bonchev–Trinajstić information content (AvgIpc) is 2.16. The van der Waals surface area contributed by atoms with Gasteiger partial charge in [-0.2, -0.15) is 0 Å². The van der Waals surface area contributed by atoms with Crippen LogP contribution in [-0.2, 0) is 4.74 Å². The summed E-state index contributed by atoms with van der Waals surface area (Å²) in [5.74, 6) is 0.341. The van der Waals surface area contributed by atoms with Gasteiger partial charge in [-0.15, -0.1) is 13.2 Å². The van der Waals surface area contributed by atoms with Crippen LogP contribution in [0.1, 0.15) is 39.5 Å². The highest BCUT2D eigenvalue weighted by Crippen LogP contribution is 2.31. The van der Waals surface area contributed by atoms with E-state index in [2.05, 4.69) is 9.73 Å². The average molecular weight is 237 g/mol. The Morgan fingerprint density at radius 1 is 1.25 bits per heavy atom. The first-order valence-corrected chi connectivity index (χ1v) is 5.68. The maximum Gasteiger partial charge on any atom is 0.522 e. The normalized spacial score (nSPS) is 28.2. The molecule has 1 aliphatic carbocycles. The molecule has 94 valence electrons. The molecule has 0 aromatic carbocycles. The van der Waals surface area contributed by atoms with Gasteiger partial charge in [0.05, 0.1) is 6.10 Å². The summed E-state index contributed by atoms with van der Waals surface area (Å²) < 4.78 is 39.9. The van der Waals surface area contributed by atoms with E-state index in [0.29, 0.717) is 18.8 Å². The Hall–Kier alpha value is -0.580. The van der Waals surface area contributed by atoms with E-state index >= 15 is 0 Å². The topological polar surface area (TPSA) is 21.6 Å². The second-order valence-electron chi connectivity index (χ2n) is 4.15. The van der Waals surface area contributed by atoms with E-state index in [1.807, 2.05) is 13.8 Å². The molecule has 16 heavy (non-hydrogen) atoms. The number of halogens is 3. The van der Waals surface area contributed by atoms with Crippen LogP contribution in [0.15, 0.2) is 4.99 Å². The fourth-order valence-corrected chi connectivity index (χ4v) is 2.17. The van der Waals surface area contributed by atoms with Gasteiger partial charge in [0.25, 0.3) is 0 Å². The monoisotopic (exact) mass is 237 g/mol. The standard InChI is InChI=1S/C11H18F3NO/c1-3-15-8(2)9-4-6-10(7-5-9)16-11(12,13)14/h9-10H,3-7H2,1-2H3. The van der Waals surface area contributed by atoms with Crippen LogP contribution < -0.4 is 0 Å². The lowest BCUT2D eigenvalue weighted by molar-refractivity contribution is -0.345. The van der Waals surface area contributed by atoms with Gasteiger partial charge >= 0.3 is 6.36 Å². The van der Waals surface area contributed by atoms with Crippen molar-refractivity contribution in [1.29, 1.82) is 0 Å². The Morgan fingerprint density at radius 3 is 2.25 bits per heavy atom. The van der Waals surface area contributed by atoms with Gasteiger partial charge in [-0.1, -0.05) is 0 Å². The molecule has 1 rings (SSSR count). The van der Waals surface area contributed by atoms with E-state index in [0.717, 1.165) is 25.1 Å². The zero-order chi connectivity index (χ0) is 12.2. The number of ether oxygens (including phenoxy) is 1. The van der Waals surface area contributed by atoms with Crippen LogP contribution in [0.4, 0.5) is 13.2 Å². The second kappa shape index (κ2) is 5.66. The Labute approximate surface area is 93.9 Å². The first-order chi connectivity index (χ1) is 7.42. The molecule has 0 bridgehead atoms. The molecule has 0 saturated heterocycles. The first-order valence-electron chi connectivity index (χ1n) is 5.68. The SMILES string of the molecule is CCN=C(C)C1CCC(OC(F)(F)F)CC1. The van der Waals surface area contributed by atoms with E-state index in [1.54, 1.807) is 0 Å². The van der Waals surface area contributed by atoms with Crippen molar-refractivity contribution in [2.45, 2.75) is 52.0 Å². The maximum absolute atomic E-state index is 12.0. The second-order valence-corrected chi connectivity index (χ2v) is 4.15. The number of hydrogen-bond donors (Lipinski definition) is 0. The highest BCUT2D eigenvalue weighted by atomic mass is 19.4. The van der Waals surface area contributed by atoms with Crippen LogP contribution in [0, 0.1) is 5.92 Å². The zero-order valence-electron chi connectivity index (χ0n) is 9.68. The molecule has 0 radical (unpaired) electrons. The van der Waals surface area contributed by atoms with E-state index in [1.165, 1.54) is 0 Å². The van der Waals surface area contributed by atoms with Crippen molar-refractivity contribution in [3.63, 3.8) is 0 Å². The van der Waals surface area contributed by atoms with Gasteiger partial charge in [0.1, 0.15) is 0 Å². The smallest absolute Gasteiger partial charge is 0.294 e. The lowest BCUT2D eigenvalue weighted by Crippen LogP contribution is -2.30. The van der Waals surface area contributed by atoms with Gasteiger partial charge in [0, 0.05) is 12.3 Å². The minimum absolute atomic E-state index is 0.341. The van der Waals surface area contributed by atoms with Gasteiger partial charge in [0.2, 0.25) is 0 Å². The minimum atomic E-state index is -4.50. The van der Waals surface area contributed by atoms with Crippen LogP contribution in [0.3, 0.4) is 0 Å². The summed E-state index contributed by atoms with van der Waals surface area (Å²) >= 11 is 0. The number of aliphatic imine (C=N–C) groups is 1. The predicted molar refractivity (Wildman–Crippen MR) is 56.5 cm³/mol. The van der Waals surface area contributed by atoms with Crippen molar-refractivity contribution in [3.05, 3.63) is 0 Å². The van der Waals surface area contributed by atoms with Crippen LogP contribution >= 0.6 is 0 Å². The Morgan fingerprint density at radius 2 is 1.81 bits per heavy atom. The van der Waals surface area contributed by atoms with E-state index in [-0.39, 0.29) is 0 Å². The molecule has 1 saturated carbocycles. The van der Waals surface area contributed by atoms with Gasteiger partial charge < -0.3 is 0 Å². The lowest BCUT2D eigenvalue weighted by atomic mass is 9.84. The van der Waals surface area contributed by atoms with Crippen molar-refractivity contribution in [1.82, 2.24) is 0 Å². The molecular weight excluding hydrogens is 219 g/mol. The van der Waals surface area contributed by atoms with Crippen LogP contribution in [0.25, 0.3) is 0 Å². The number of rotatable bonds is 3. The van der Waals surface area contributed by atoms with Crippen molar-refractivity contribution in [2.24, 2.45) is 10.9 Å². The summed E-state index contributed by atoms with van der Waals surface area (Å²) in [5.41, 5.74) is 1.06. The van der Waals surface area contributed by atoms with Crippen LogP contribution in [-0.4, -0.2) is 24.7 Å². The van der Waals surface area contributed by atoms with E-state index in [9.17, 15) is 13.2 Å². The highest BCUT2D eigenvalue weighted by Gasteiger charge is 2.35. The predicted octanol–water partition coefficient (Wildman–Crippen LogP) is 3.56. The summed E-state index contributed by atoms with van der Waals surface area (Å²) in [6.45, 7) is 4.66. The van der Waals surface area contributed by atoms with E-state index < -0.39 is 12.5 Å². The number of hydrogen-bond acceptors (Lipinski definition) is 2. The molecule has 1 aliphatic rings. The van der Waals surface area contributed by atoms with Gasteiger partial charge in [-0.25, -0.2) is 0 Å². The summed E-state index contributed by atoms with van der Waals surface area (Å²) in [5, 5.41) is 0. The molecular formula is C11H18F3NO. The molecule has 0 spiro atoms. The molecule has 0 aromatic rings. The zero-order valence-corrected chi connectivity index (χ0v) is 9.68. The quantitative estimate of drug-likeness (QED) is 0.688. The summed E-state index contributed by atoms with van der Waals surface area (Å²) in [4.78, 5) is 4.30. The van der Waals surface area contributed by atoms with Crippen molar-refractivity contribution < 1.29 is 17.9 Å². The maximum atomic E-state index is 12.0. The fourth-order valence-electron chi connectivity index (χ4n) is 2.17. The molecule has 0 heterocycles. The summed E-state index contributed by atoms with van der Waals surface area (Å²) in [6.07, 6.45) is -2.72. The van der Waals surface area contributed by atoms with Gasteiger partial charge in [0.15, 0.2) is 0 Å². The third-order valence-corrected chi connectivity index (χ3v) is 2.97. The van der Waals surface area contributed by atoms with Crippen molar-refractivity contribution >= 4 is 5.71 Å². The molecule has 0 amide bonds. The van der Waals surface area contributed by atoms with E-state index in [4.69, 9.17) is 0 Å². The van der Waals surface area contributed by atoms with Gasteiger partial charge in [-0.3, -0.25) is 9.73 Å². The molecule has 0 unspecified atom stereocenters. The van der Waals surface area contributed by atoms with Crippen molar-refractivity contribution in [3.8, 4) is 0 Å². The number of alkyl halides is 3. The van der Waals surface area contributed by atoms with Gasteiger partial charge in [-0.05, 0) is 45.4 Å². The molecule has 0 aromatic heterocycles. The fraction of sp³-hybridized carbons (Fsp3) is 0.909. The summed E-state index contributed by atoms with van der Waals surface area (Å²) in [7, 11) is 0. The molecule has 2 nitrogen and oxygen atoms in total. The van der Waals surface area contributed by atoms with Crippen LogP contribution in [0.5, 0.6) is 0 Å². The number of nitrogens with zero attached hydrogens (tertiary/aromatic N) is 1. The first kappa shape index (κ1) is 13.5. The Balaban J connectivity index is 2.37. The minimum Gasteiger partial charge on any atom is -0.294 e.